The molecule has 2 aromatic heterocycles. The molecule has 0 aromatic carbocycles. The first-order valence-electron chi connectivity index (χ1n) is 8.49. The Morgan fingerprint density at radius 2 is 2.27 bits per heavy atom. The zero-order chi connectivity index (χ0) is 18.6. The minimum absolute atomic E-state index is 0.124. The first kappa shape index (κ1) is 19.1. The lowest BCUT2D eigenvalue weighted by Gasteiger charge is -2.12. The lowest BCUT2D eigenvalue weighted by atomic mass is 9.92. The second-order valence-corrected chi connectivity index (χ2v) is 9.25. The summed E-state index contributed by atoms with van der Waals surface area (Å²) in [6.45, 7) is 7.67. The number of nitrogens with one attached hydrogen (secondary N) is 2. The summed E-state index contributed by atoms with van der Waals surface area (Å²) in [7, 11) is 0. The van der Waals surface area contributed by atoms with Gasteiger partial charge in [-0.3, -0.25) is 10.1 Å². The van der Waals surface area contributed by atoms with E-state index in [0.717, 1.165) is 41.2 Å². The van der Waals surface area contributed by atoms with Gasteiger partial charge < -0.3 is 14.6 Å². The number of hydrogen-bond donors (Lipinski definition) is 2. The number of aromatic nitrogens is 3. The summed E-state index contributed by atoms with van der Waals surface area (Å²) in [6, 6.07) is 1.75. The lowest BCUT2D eigenvalue weighted by Crippen LogP contribution is -2.18. The minimum atomic E-state index is -0.171. The molecule has 2 aromatic rings. The van der Waals surface area contributed by atoms with Crippen molar-refractivity contribution in [3.8, 4) is 0 Å². The van der Waals surface area contributed by atoms with Gasteiger partial charge in [-0.15, -0.1) is 10.2 Å². The Labute approximate surface area is 160 Å². The maximum atomic E-state index is 12.1. The molecule has 142 valence electrons. The molecule has 0 saturated carbocycles. The van der Waals surface area contributed by atoms with E-state index < -0.39 is 0 Å². The Morgan fingerprint density at radius 1 is 1.42 bits per heavy atom. The van der Waals surface area contributed by atoms with Gasteiger partial charge in [-0.25, -0.2) is 0 Å². The highest BCUT2D eigenvalue weighted by Gasteiger charge is 2.20. The molecule has 0 spiro atoms. The molecular formula is C16H23N5O3S2. The van der Waals surface area contributed by atoms with Crippen molar-refractivity contribution in [2.24, 2.45) is 0 Å². The Kier molecular flexibility index (Phi) is 6.15. The van der Waals surface area contributed by atoms with Gasteiger partial charge in [0.25, 0.3) is 0 Å². The van der Waals surface area contributed by atoms with Gasteiger partial charge >= 0.3 is 0 Å². The smallest absolute Gasteiger partial charge is 0.237 e. The molecule has 1 atom stereocenters. The predicted molar refractivity (Wildman–Crippen MR) is 102 cm³/mol. The van der Waals surface area contributed by atoms with Crippen molar-refractivity contribution in [3.05, 3.63) is 11.8 Å². The molecule has 1 fully saturated rings. The van der Waals surface area contributed by atoms with Crippen LogP contribution in [0, 0.1) is 0 Å². The maximum Gasteiger partial charge on any atom is 0.237 e. The van der Waals surface area contributed by atoms with E-state index in [4.69, 9.17) is 9.26 Å². The Hall–Kier alpha value is -1.65. The molecule has 1 amide bonds. The molecule has 0 radical (unpaired) electrons. The second-order valence-electron chi connectivity index (χ2n) is 7.05. The number of amides is 1. The highest BCUT2D eigenvalue weighted by atomic mass is 32.2. The van der Waals surface area contributed by atoms with Crippen LogP contribution < -0.4 is 10.6 Å². The van der Waals surface area contributed by atoms with Crippen molar-refractivity contribution in [1.29, 1.82) is 0 Å². The van der Waals surface area contributed by atoms with Crippen LogP contribution in [-0.2, 0) is 14.9 Å². The normalized spacial score (nSPS) is 17.4. The van der Waals surface area contributed by atoms with Crippen molar-refractivity contribution in [1.82, 2.24) is 15.4 Å². The van der Waals surface area contributed by atoms with Crippen LogP contribution in [-0.4, -0.2) is 46.3 Å². The lowest BCUT2D eigenvalue weighted by molar-refractivity contribution is -0.113. The van der Waals surface area contributed by atoms with E-state index in [0.29, 0.717) is 5.88 Å². The third kappa shape index (κ3) is 5.42. The van der Waals surface area contributed by atoms with Gasteiger partial charge in [-0.2, -0.15) is 0 Å². The summed E-state index contributed by atoms with van der Waals surface area (Å²) in [6.07, 6.45) is 2.44. The predicted octanol–water partition coefficient (Wildman–Crippen LogP) is 3.15. The van der Waals surface area contributed by atoms with E-state index in [1.807, 2.05) is 20.8 Å². The van der Waals surface area contributed by atoms with Crippen molar-refractivity contribution in [3.63, 3.8) is 0 Å². The van der Waals surface area contributed by atoms with E-state index in [-0.39, 0.29) is 23.2 Å². The number of carbonyl (C=O) groups excluding carboxylic acids is 1. The Bertz CT molecular complexity index is 734. The van der Waals surface area contributed by atoms with Crippen molar-refractivity contribution >= 4 is 40.0 Å². The average Bonchev–Trinajstić information content (AvgIpc) is 3.32. The van der Waals surface area contributed by atoms with Crippen LogP contribution in [0.5, 0.6) is 0 Å². The molecule has 2 N–H and O–H groups in total. The number of rotatable bonds is 7. The van der Waals surface area contributed by atoms with E-state index in [2.05, 4.69) is 26.0 Å². The molecule has 1 aliphatic heterocycles. The van der Waals surface area contributed by atoms with Crippen LogP contribution in [0.4, 0.5) is 11.0 Å². The number of anilines is 2. The average molecular weight is 398 g/mol. The van der Waals surface area contributed by atoms with Crippen LogP contribution in [0.1, 0.15) is 39.3 Å². The molecular weight excluding hydrogens is 374 g/mol. The zero-order valence-corrected chi connectivity index (χ0v) is 16.7. The van der Waals surface area contributed by atoms with Gasteiger partial charge in [-0.05, 0) is 12.8 Å². The molecule has 0 unspecified atom stereocenters. The van der Waals surface area contributed by atoms with Crippen LogP contribution in [0.2, 0.25) is 0 Å². The fraction of sp³-hybridized carbons (Fsp3) is 0.625. The van der Waals surface area contributed by atoms with Gasteiger partial charge in [0.05, 0.1) is 17.6 Å². The van der Waals surface area contributed by atoms with Gasteiger partial charge in [0.15, 0.2) is 4.34 Å². The second kappa shape index (κ2) is 8.36. The molecule has 3 heterocycles. The summed E-state index contributed by atoms with van der Waals surface area (Å²) in [4.78, 5) is 12.1. The standard InChI is InChI=1S/C16H23N5O3S2/c1-16(2,3)11-7-13(24-21-11)18-12(22)9-25-15-20-19-14(26-15)17-8-10-5-4-6-23-10/h7,10H,4-6,8-9H2,1-3H3,(H,17,19)(H,18,22)/t10-/m1/s1. The fourth-order valence-electron chi connectivity index (χ4n) is 2.33. The van der Waals surface area contributed by atoms with Crippen LogP contribution >= 0.6 is 23.1 Å². The summed E-state index contributed by atoms with van der Waals surface area (Å²) >= 11 is 2.77. The maximum absolute atomic E-state index is 12.1. The highest BCUT2D eigenvalue weighted by Crippen LogP contribution is 2.27. The van der Waals surface area contributed by atoms with Gasteiger partial charge in [0, 0.05) is 24.6 Å². The molecule has 0 bridgehead atoms. The quantitative estimate of drug-likeness (QED) is 0.687. The monoisotopic (exact) mass is 397 g/mol. The molecule has 3 rings (SSSR count). The van der Waals surface area contributed by atoms with E-state index in [1.54, 1.807) is 6.07 Å². The van der Waals surface area contributed by atoms with E-state index in [1.165, 1.54) is 23.1 Å². The Balaban J connectivity index is 1.42. The van der Waals surface area contributed by atoms with E-state index in [9.17, 15) is 4.79 Å². The first-order valence-corrected chi connectivity index (χ1v) is 10.3. The summed E-state index contributed by atoms with van der Waals surface area (Å²) < 4.78 is 11.5. The van der Waals surface area contributed by atoms with Crippen LogP contribution in [0.25, 0.3) is 0 Å². The van der Waals surface area contributed by atoms with Crippen molar-refractivity contribution in [2.75, 3.05) is 29.5 Å². The number of thioether (sulfide) groups is 1. The number of carbonyl (C=O) groups is 1. The zero-order valence-electron chi connectivity index (χ0n) is 15.1. The van der Waals surface area contributed by atoms with E-state index >= 15 is 0 Å². The number of ether oxygens (including phenoxy) is 1. The Morgan fingerprint density at radius 3 is 2.96 bits per heavy atom. The summed E-state index contributed by atoms with van der Waals surface area (Å²) in [5, 5.41) is 18.8. The van der Waals surface area contributed by atoms with Gasteiger partial charge in [0.2, 0.25) is 16.9 Å². The highest BCUT2D eigenvalue weighted by molar-refractivity contribution is 8.01. The van der Waals surface area contributed by atoms with Gasteiger partial charge in [-0.1, -0.05) is 49.0 Å². The minimum Gasteiger partial charge on any atom is -0.376 e. The summed E-state index contributed by atoms with van der Waals surface area (Å²) in [5.41, 5.74) is 0.673. The molecule has 26 heavy (non-hydrogen) atoms. The van der Waals surface area contributed by atoms with Crippen LogP contribution in [0.3, 0.4) is 0 Å². The fourth-order valence-corrected chi connectivity index (χ4v) is 3.89. The molecule has 8 nitrogen and oxygen atoms in total. The molecule has 10 heteroatoms. The van der Waals surface area contributed by atoms with Gasteiger partial charge in [0.1, 0.15) is 0 Å². The first-order chi connectivity index (χ1) is 12.4. The third-order valence-corrected chi connectivity index (χ3v) is 5.79. The number of nitrogens with zero attached hydrogens (tertiary/aromatic N) is 3. The van der Waals surface area contributed by atoms with Crippen molar-refractivity contribution < 1.29 is 14.1 Å². The summed E-state index contributed by atoms with van der Waals surface area (Å²) in [5.74, 6) is 0.415. The van der Waals surface area contributed by atoms with Crippen LogP contribution in [0.15, 0.2) is 14.9 Å². The largest absolute Gasteiger partial charge is 0.376 e. The topological polar surface area (TPSA) is 102 Å². The molecule has 1 aliphatic rings. The van der Waals surface area contributed by atoms with Crippen molar-refractivity contribution in [2.45, 2.75) is 49.5 Å². The SMILES string of the molecule is CC(C)(C)c1cc(NC(=O)CSc2nnc(NC[C@H]3CCCO3)s2)on1. The molecule has 1 saturated heterocycles. The molecule has 0 aliphatic carbocycles. The number of hydrogen-bond acceptors (Lipinski definition) is 9. The third-order valence-electron chi connectivity index (χ3n) is 3.78.